The van der Waals surface area contributed by atoms with Gasteiger partial charge in [-0.25, -0.2) is 0 Å². The summed E-state index contributed by atoms with van der Waals surface area (Å²) >= 11 is 0. The number of carbonyl (C=O) groups is 1. The molecule has 2 rings (SSSR count). The Bertz CT molecular complexity index is 456. The molecule has 19 heavy (non-hydrogen) atoms. The van der Waals surface area contributed by atoms with Gasteiger partial charge in [-0.1, -0.05) is 6.07 Å². The van der Waals surface area contributed by atoms with E-state index < -0.39 is 5.41 Å². The molecule has 1 aliphatic rings. The van der Waals surface area contributed by atoms with Crippen LogP contribution >= 0.6 is 0 Å². The number of phenolic OH excluding ortho intramolecular Hbond substituents is 1. The zero-order chi connectivity index (χ0) is 13.9. The van der Waals surface area contributed by atoms with Crippen LogP contribution in [0.15, 0.2) is 24.3 Å². The van der Waals surface area contributed by atoms with Crippen molar-refractivity contribution in [2.75, 3.05) is 31.7 Å². The number of benzene rings is 1. The third-order valence-corrected chi connectivity index (χ3v) is 3.82. The minimum Gasteiger partial charge on any atom is -0.508 e. The highest BCUT2D eigenvalue weighted by atomic mass is 16.5. The van der Waals surface area contributed by atoms with Crippen LogP contribution in [0.2, 0.25) is 0 Å². The lowest BCUT2D eigenvalue weighted by Crippen LogP contribution is -2.49. The minimum absolute atomic E-state index is 0.0103. The summed E-state index contributed by atoms with van der Waals surface area (Å²) in [6, 6.07) is 6.66. The van der Waals surface area contributed by atoms with Gasteiger partial charge in [0, 0.05) is 38.6 Å². The van der Waals surface area contributed by atoms with E-state index in [0.29, 0.717) is 38.3 Å². The normalized spacial score (nSPS) is 18.0. The van der Waals surface area contributed by atoms with Gasteiger partial charge in [0.15, 0.2) is 0 Å². The summed E-state index contributed by atoms with van der Waals surface area (Å²) in [5, 5.41) is 9.49. The molecule has 0 unspecified atom stereocenters. The highest BCUT2D eigenvalue weighted by Gasteiger charge is 2.40. The fourth-order valence-corrected chi connectivity index (χ4v) is 2.44. The molecule has 1 aromatic rings. The average molecular weight is 264 g/mol. The Morgan fingerprint density at radius 1 is 1.47 bits per heavy atom. The van der Waals surface area contributed by atoms with Crippen molar-refractivity contribution in [3.8, 4) is 5.75 Å². The third-order valence-electron chi connectivity index (χ3n) is 3.82. The fourth-order valence-electron chi connectivity index (χ4n) is 2.44. The zero-order valence-electron chi connectivity index (χ0n) is 11.1. The van der Waals surface area contributed by atoms with Crippen molar-refractivity contribution < 1.29 is 14.6 Å². The lowest BCUT2D eigenvalue weighted by atomic mass is 9.79. The first-order valence-corrected chi connectivity index (χ1v) is 6.44. The molecule has 1 aliphatic heterocycles. The quantitative estimate of drug-likeness (QED) is 0.857. The van der Waals surface area contributed by atoms with Gasteiger partial charge >= 0.3 is 0 Å². The van der Waals surface area contributed by atoms with Gasteiger partial charge in [-0.15, -0.1) is 0 Å². The standard InChI is InChI=1S/C14H20N2O3/c1-16(11-3-2-4-12(17)9-11)13(18)14(10-15)5-7-19-8-6-14/h2-4,9,17H,5-8,10,15H2,1H3. The molecule has 1 saturated heterocycles. The number of anilines is 1. The monoisotopic (exact) mass is 264 g/mol. The Kier molecular flexibility index (Phi) is 4.07. The second-order valence-corrected chi connectivity index (χ2v) is 4.98. The number of nitrogens with zero attached hydrogens (tertiary/aromatic N) is 1. The van der Waals surface area contributed by atoms with E-state index in [4.69, 9.17) is 10.5 Å². The molecule has 3 N–H and O–H groups in total. The van der Waals surface area contributed by atoms with E-state index in [2.05, 4.69) is 0 Å². The first-order chi connectivity index (χ1) is 9.09. The molecule has 0 saturated carbocycles. The number of aromatic hydroxyl groups is 1. The number of hydrogen-bond acceptors (Lipinski definition) is 4. The molecule has 0 radical (unpaired) electrons. The van der Waals surface area contributed by atoms with Gasteiger partial charge in [0.25, 0.3) is 0 Å². The number of carbonyl (C=O) groups excluding carboxylic acids is 1. The van der Waals surface area contributed by atoms with Crippen molar-refractivity contribution in [3.05, 3.63) is 24.3 Å². The van der Waals surface area contributed by atoms with E-state index in [0.717, 1.165) is 0 Å². The van der Waals surface area contributed by atoms with Crippen LogP contribution in [-0.4, -0.2) is 37.8 Å². The van der Waals surface area contributed by atoms with Crippen LogP contribution in [0.1, 0.15) is 12.8 Å². The van der Waals surface area contributed by atoms with E-state index in [-0.39, 0.29) is 11.7 Å². The maximum Gasteiger partial charge on any atom is 0.234 e. The molecule has 104 valence electrons. The SMILES string of the molecule is CN(C(=O)C1(CN)CCOCC1)c1cccc(O)c1. The fraction of sp³-hybridized carbons (Fsp3) is 0.500. The molecule has 0 aliphatic carbocycles. The first-order valence-electron chi connectivity index (χ1n) is 6.44. The van der Waals surface area contributed by atoms with E-state index in [1.54, 1.807) is 36.2 Å². The maximum absolute atomic E-state index is 12.7. The predicted octanol–water partition coefficient (Wildman–Crippen LogP) is 1.11. The van der Waals surface area contributed by atoms with Crippen LogP contribution in [0.25, 0.3) is 0 Å². The summed E-state index contributed by atoms with van der Waals surface area (Å²) in [6.07, 6.45) is 1.29. The molecular weight excluding hydrogens is 244 g/mol. The van der Waals surface area contributed by atoms with Crippen LogP contribution in [0.3, 0.4) is 0 Å². The lowest BCUT2D eigenvalue weighted by molar-refractivity contribution is -0.132. The van der Waals surface area contributed by atoms with Crippen LogP contribution in [0.5, 0.6) is 5.75 Å². The summed E-state index contributed by atoms with van der Waals surface area (Å²) in [7, 11) is 1.71. The Morgan fingerprint density at radius 3 is 2.74 bits per heavy atom. The molecule has 1 amide bonds. The number of amides is 1. The smallest absolute Gasteiger partial charge is 0.234 e. The predicted molar refractivity (Wildman–Crippen MR) is 73.1 cm³/mol. The summed E-state index contributed by atoms with van der Waals surface area (Å²) in [6.45, 7) is 1.45. The summed E-state index contributed by atoms with van der Waals surface area (Å²) < 4.78 is 5.32. The third kappa shape index (κ3) is 2.72. The number of hydrogen-bond donors (Lipinski definition) is 2. The summed E-state index contributed by atoms with van der Waals surface area (Å²) in [5.41, 5.74) is 5.96. The second-order valence-electron chi connectivity index (χ2n) is 4.98. The van der Waals surface area contributed by atoms with Gasteiger partial charge in [0.05, 0.1) is 5.41 Å². The van der Waals surface area contributed by atoms with Gasteiger partial charge in [0.1, 0.15) is 5.75 Å². The van der Waals surface area contributed by atoms with E-state index in [1.807, 2.05) is 0 Å². The van der Waals surface area contributed by atoms with Crippen molar-refractivity contribution in [2.24, 2.45) is 11.1 Å². The van der Waals surface area contributed by atoms with Crippen LogP contribution < -0.4 is 10.6 Å². The molecule has 0 spiro atoms. The van der Waals surface area contributed by atoms with Crippen LogP contribution in [0, 0.1) is 5.41 Å². The topological polar surface area (TPSA) is 75.8 Å². The molecule has 1 fully saturated rings. The second kappa shape index (κ2) is 5.59. The van der Waals surface area contributed by atoms with Gasteiger partial charge < -0.3 is 20.5 Å². The van der Waals surface area contributed by atoms with Crippen molar-refractivity contribution >= 4 is 11.6 Å². The molecule has 0 bridgehead atoms. The van der Waals surface area contributed by atoms with Crippen LogP contribution in [0.4, 0.5) is 5.69 Å². The van der Waals surface area contributed by atoms with Crippen LogP contribution in [-0.2, 0) is 9.53 Å². The number of nitrogens with two attached hydrogens (primary N) is 1. The van der Waals surface area contributed by atoms with E-state index in [1.165, 1.54) is 0 Å². The summed E-state index contributed by atoms with van der Waals surface area (Å²) in [4.78, 5) is 14.2. The van der Waals surface area contributed by atoms with Gasteiger partial charge in [-0.2, -0.15) is 0 Å². The number of phenols is 1. The lowest BCUT2D eigenvalue weighted by Gasteiger charge is -2.37. The Labute approximate surface area is 113 Å². The molecule has 5 nitrogen and oxygen atoms in total. The van der Waals surface area contributed by atoms with Gasteiger partial charge in [-0.05, 0) is 25.0 Å². The molecule has 1 aromatic carbocycles. The van der Waals surface area contributed by atoms with E-state index in [9.17, 15) is 9.90 Å². The summed E-state index contributed by atoms with van der Waals surface area (Å²) in [5.74, 6) is 0.134. The minimum atomic E-state index is -0.543. The van der Waals surface area contributed by atoms with Crippen molar-refractivity contribution in [1.29, 1.82) is 0 Å². The molecule has 5 heteroatoms. The highest BCUT2D eigenvalue weighted by molar-refractivity contribution is 5.97. The number of rotatable bonds is 3. The van der Waals surface area contributed by atoms with Gasteiger partial charge in [0.2, 0.25) is 5.91 Å². The Morgan fingerprint density at radius 2 is 2.16 bits per heavy atom. The van der Waals surface area contributed by atoms with Gasteiger partial charge in [-0.3, -0.25) is 4.79 Å². The van der Waals surface area contributed by atoms with E-state index >= 15 is 0 Å². The average Bonchev–Trinajstić information content (AvgIpc) is 2.46. The molecule has 1 heterocycles. The Hall–Kier alpha value is -1.59. The zero-order valence-corrected chi connectivity index (χ0v) is 11.1. The molecule has 0 atom stereocenters. The molecule has 0 aromatic heterocycles. The highest BCUT2D eigenvalue weighted by Crippen LogP contribution is 2.33. The molecular formula is C14H20N2O3. The Balaban J connectivity index is 2.22. The largest absolute Gasteiger partial charge is 0.508 e. The first kappa shape index (κ1) is 13.8. The van der Waals surface area contributed by atoms with Crippen molar-refractivity contribution in [3.63, 3.8) is 0 Å². The van der Waals surface area contributed by atoms with Crippen molar-refractivity contribution in [2.45, 2.75) is 12.8 Å². The van der Waals surface area contributed by atoms with Crippen molar-refractivity contribution in [1.82, 2.24) is 0 Å². The number of ether oxygens (including phenoxy) is 1. The maximum atomic E-state index is 12.7.